The number of ether oxygens (including phenoxy) is 2. The molecule has 0 radical (unpaired) electrons. The molecule has 6 heteroatoms. The fourth-order valence-electron chi connectivity index (χ4n) is 2.63. The Balaban J connectivity index is 1.56. The maximum Gasteiger partial charge on any atom is 0.230 e. The zero-order chi connectivity index (χ0) is 13.3. The van der Waals surface area contributed by atoms with E-state index in [1.807, 2.05) is 11.8 Å². The first kappa shape index (κ1) is 12.6. The van der Waals surface area contributed by atoms with Crippen LogP contribution in [0.3, 0.4) is 0 Å². The van der Waals surface area contributed by atoms with Crippen molar-refractivity contribution >= 4 is 5.91 Å². The molecular formula is C13H18N2O4. The van der Waals surface area contributed by atoms with Gasteiger partial charge in [-0.2, -0.15) is 0 Å². The zero-order valence-corrected chi connectivity index (χ0v) is 11.1. The van der Waals surface area contributed by atoms with E-state index >= 15 is 0 Å². The molecule has 0 unspecified atom stereocenters. The van der Waals surface area contributed by atoms with Crippen LogP contribution in [0.4, 0.5) is 0 Å². The second kappa shape index (κ2) is 4.94. The first-order valence-electron chi connectivity index (χ1n) is 6.63. The van der Waals surface area contributed by atoms with Crippen LogP contribution in [0.2, 0.25) is 0 Å². The molecule has 2 fully saturated rings. The van der Waals surface area contributed by atoms with Gasteiger partial charge in [0, 0.05) is 25.9 Å². The van der Waals surface area contributed by atoms with Crippen molar-refractivity contribution in [3.63, 3.8) is 0 Å². The van der Waals surface area contributed by atoms with Gasteiger partial charge in [0.1, 0.15) is 5.76 Å². The topological polar surface area (TPSA) is 64.8 Å². The second-order valence-corrected chi connectivity index (χ2v) is 5.03. The van der Waals surface area contributed by atoms with E-state index in [9.17, 15) is 4.79 Å². The minimum atomic E-state index is -0.432. The van der Waals surface area contributed by atoms with Crippen molar-refractivity contribution in [1.82, 2.24) is 9.88 Å². The van der Waals surface area contributed by atoms with Crippen LogP contribution in [0.15, 0.2) is 10.8 Å². The molecule has 0 atom stereocenters. The fourth-order valence-corrected chi connectivity index (χ4v) is 2.63. The molecule has 3 rings (SSSR count). The highest BCUT2D eigenvalue weighted by molar-refractivity contribution is 5.78. The Labute approximate surface area is 111 Å². The van der Waals surface area contributed by atoms with E-state index in [0.29, 0.717) is 32.1 Å². The Morgan fingerprint density at radius 1 is 1.37 bits per heavy atom. The lowest BCUT2D eigenvalue weighted by atomic mass is 10.0. The third-order valence-corrected chi connectivity index (χ3v) is 3.85. The van der Waals surface area contributed by atoms with Crippen LogP contribution in [0.1, 0.15) is 24.3 Å². The molecule has 2 aliphatic heterocycles. The average molecular weight is 266 g/mol. The van der Waals surface area contributed by atoms with Gasteiger partial charge in [0.15, 0.2) is 12.2 Å². The largest absolute Gasteiger partial charge is 0.448 e. The van der Waals surface area contributed by atoms with E-state index in [1.54, 1.807) is 0 Å². The van der Waals surface area contributed by atoms with Crippen LogP contribution >= 0.6 is 0 Å². The molecule has 104 valence electrons. The number of oxazole rings is 1. The number of carbonyl (C=O) groups excluding carboxylic acids is 1. The molecule has 2 aliphatic rings. The Bertz CT molecular complexity index is 455. The standard InChI is InChI=1S/C13H18N2O4/c1-10-11(17-9-14-10)8-12(16)15-4-2-13(3-5-15)18-6-7-19-13/h9H,2-8H2,1H3. The molecule has 19 heavy (non-hydrogen) atoms. The Morgan fingerprint density at radius 3 is 2.63 bits per heavy atom. The van der Waals surface area contributed by atoms with Crippen molar-refractivity contribution in [3.8, 4) is 0 Å². The molecule has 1 aromatic heterocycles. The van der Waals surface area contributed by atoms with Gasteiger partial charge < -0.3 is 18.8 Å². The highest BCUT2D eigenvalue weighted by Crippen LogP contribution is 2.31. The van der Waals surface area contributed by atoms with E-state index in [4.69, 9.17) is 13.9 Å². The molecule has 0 aromatic carbocycles. The maximum atomic E-state index is 12.2. The van der Waals surface area contributed by atoms with Gasteiger partial charge in [-0.25, -0.2) is 4.98 Å². The van der Waals surface area contributed by atoms with Crippen LogP contribution in [-0.2, 0) is 20.7 Å². The van der Waals surface area contributed by atoms with Gasteiger partial charge in [-0.1, -0.05) is 0 Å². The maximum absolute atomic E-state index is 12.2. The molecule has 1 aromatic rings. The number of rotatable bonds is 2. The van der Waals surface area contributed by atoms with Gasteiger partial charge in [-0.3, -0.25) is 4.79 Å². The molecular weight excluding hydrogens is 248 g/mol. The monoisotopic (exact) mass is 266 g/mol. The van der Waals surface area contributed by atoms with Crippen molar-refractivity contribution < 1.29 is 18.7 Å². The van der Waals surface area contributed by atoms with E-state index in [-0.39, 0.29) is 12.3 Å². The molecule has 6 nitrogen and oxygen atoms in total. The first-order chi connectivity index (χ1) is 9.19. The summed E-state index contributed by atoms with van der Waals surface area (Å²) in [6.45, 7) is 4.51. The minimum Gasteiger partial charge on any atom is -0.448 e. The highest BCUT2D eigenvalue weighted by Gasteiger charge is 2.40. The Hall–Kier alpha value is -1.40. The van der Waals surface area contributed by atoms with E-state index < -0.39 is 5.79 Å². The number of nitrogens with zero attached hydrogens (tertiary/aromatic N) is 2. The number of carbonyl (C=O) groups is 1. The molecule has 0 saturated carbocycles. The molecule has 1 spiro atoms. The SMILES string of the molecule is Cc1ncoc1CC(=O)N1CCC2(CC1)OCCO2. The fraction of sp³-hybridized carbons (Fsp3) is 0.692. The van der Waals surface area contributed by atoms with Gasteiger partial charge in [-0.15, -0.1) is 0 Å². The normalized spacial score (nSPS) is 22.1. The van der Waals surface area contributed by atoms with Gasteiger partial charge in [0.25, 0.3) is 0 Å². The number of hydrogen-bond acceptors (Lipinski definition) is 5. The van der Waals surface area contributed by atoms with Crippen molar-refractivity contribution in [2.75, 3.05) is 26.3 Å². The molecule has 0 N–H and O–H groups in total. The molecule has 0 aliphatic carbocycles. The van der Waals surface area contributed by atoms with Crippen molar-refractivity contribution in [2.45, 2.75) is 32.0 Å². The van der Waals surface area contributed by atoms with Gasteiger partial charge in [0.05, 0.1) is 25.3 Å². The minimum absolute atomic E-state index is 0.0766. The van der Waals surface area contributed by atoms with Crippen LogP contribution in [0.5, 0.6) is 0 Å². The summed E-state index contributed by atoms with van der Waals surface area (Å²) in [6, 6.07) is 0. The summed E-state index contributed by atoms with van der Waals surface area (Å²) in [6.07, 6.45) is 3.14. The van der Waals surface area contributed by atoms with Gasteiger partial charge in [0.2, 0.25) is 5.91 Å². The average Bonchev–Trinajstić information content (AvgIpc) is 3.01. The number of hydrogen-bond donors (Lipinski definition) is 0. The first-order valence-corrected chi connectivity index (χ1v) is 6.63. The summed E-state index contributed by atoms with van der Waals surface area (Å²) in [7, 11) is 0. The molecule has 3 heterocycles. The number of aryl methyl sites for hydroxylation is 1. The molecule has 1 amide bonds. The number of amides is 1. The van der Waals surface area contributed by atoms with Crippen LogP contribution < -0.4 is 0 Å². The predicted octanol–water partition coefficient (Wildman–Crippen LogP) is 0.891. The van der Waals surface area contributed by atoms with Crippen molar-refractivity contribution in [3.05, 3.63) is 17.8 Å². The lowest BCUT2D eigenvalue weighted by Crippen LogP contribution is -2.47. The second-order valence-electron chi connectivity index (χ2n) is 5.03. The van der Waals surface area contributed by atoms with Gasteiger partial charge >= 0.3 is 0 Å². The summed E-state index contributed by atoms with van der Waals surface area (Å²) in [4.78, 5) is 18.0. The lowest BCUT2D eigenvalue weighted by molar-refractivity contribution is -0.187. The zero-order valence-electron chi connectivity index (χ0n) is 11.1. The lowest BCUT2D eigenvalue weighted by Gasteiger charge is -2.37. The third kappa shape index (κ3) is 2.50. The van der Waals surface area contributed by atoms with E-state index in [0.717, 1.165) is 18.5 Å². The summed E-state index contributed by atoms with van der Waals surface area (Å²) >= 11 is 0. The van der Waals surface area contributed by atoms with Crippen molar-refractivity contribution in [1.29, 1.82) is 0 Å². The molecule has 0 bridgehead atoms. The Morgan fingerprint density at radius 2 is 2.05 bits per heavy atom. The number of aromatic nitrogens is 1. The van der Waals surface area contributed by atoms with E-state index in [2.05, 4.69) is 4.98 Å². The summed E-state index contributed by atoms with van der Waals surface area (Å²) in [5.74, 6) is 0.296. The quantitative estimate of drug-likeness (QED) is 0.795. The van der Waals surface area contributed by atoms with Crippen LogP contribution in [-0.4, -0.2) is 47.9 Å². The summed E-state index contributed by atoms with van der Waals surface area (Å²) in [5, 5.41) is 0. The highest BCUT2D eigenvalue weighted by atomic mass is 16.7. The third-order valence-electron chi connectivity index (χ3n) is 3.85. The summed E-state index contributed by atoms with van der Waals surface area (Å²) in [5.41, 5.74) is 0.782. The van der Waals surface area contributed by atoms with Gasteiger partial charge in [-0.05, 0) is 6.92 Å². The predicted molar refractivity (Wildman–Crippen MR) is 65.4 cm³/mol. The van der Waals surface area contributed by atoms with Crippen LogP contribution in [0.25, 0.3) is 0 Å². The number of piperidine rings is 1. The summed E-state index contributed by atoms with van der Waals surface area (Å²) < 4.78 is 16.5. The number of likely N-dealkylation sites (tertiary alicyclic amines) is 1. The Kier molecular flexibility index (Phi) is 3.28. The smallest absolute Gasteiger partial charge is 0.230 e. The molecule has 2 saturated heterocycles. The van der Waals surface area contributed by atoms with Crippen molar-refractivity contribution in [2.24, 2.45) is 0 Å². The van der Waals surface area contributed by atoms with Crippen LogP contribution in [0, 0.1) is 6.92 Å². The van der Waals surface area contributed by atoms with E-state index in [1.165, 1.54) is 6.39 Å².